The molecule has 0 rings (SSSR count). The Morgan fingerprint density at radius 3 is 2.64 bits per heavy atom. The average molecular weight is 151 g/mol. The Hall–Kier alpha value is -0.820. The molecule has 0 aliphatic carbocycles. The molecule has 0 aliphatic heterocycles. The van der Waals surface area contributed by atoms with Gasteiger partial charge in [-0.15, -0.1) is 0 Å². The summed E-state index contributed by atoms with van der Waals surface area (Å²) in [4.78, 5) is 0. The molecule has 0 amide bonds. The van der Waals surface area contributed by atoms with Crippen LogP contribution in [0.5, 0.6) is 0 Å². The lowest BCUT2D eigenvalue weighted by molar-refractivity contribution is 0.755. The highest BCUT2D eigenvalue weighted by Gasteiger charge is 2.00. The van der Waals surface area contributed by atoms with Crippen LogP contribution in [0.1, 0.15) is 20.3 Å². The molecule has 0 aromatic rings. The maximum atomic E-state index is 5.80. The van der Waals surface area contributed by atoms with Crippen LogP contribution in [-0.4, -0.2) is 6.04 Å². The van der Waals surface area contributed by atoms with E-state index in [9.17, 15) is 0 Å². The third-order valence-corrected chi connectivity index (χ3v) is 1.58. The summed E-state index contributed by atoms with van der Waals surface area (Å²) in [5, 5.41) is 0. The summed E-state index contributed by atoms with van der Waals surface area (Å²) in [5.41, 5.74) is 6.90. The Morgan fingerprint density at radius 2 is 2.27 bits per heavy atom. The van der Waals surface area contributed by atoms with Gasteiger partial charge in [0.1, 0.15) is 0 Å². The fraction of sp³-hybridized carbons (Fsp3) is 0.400. The van der Waals surface area contributed by atoms with Crippen LogP contribution >= 0.6 is 0 Å². The summed E-state index contributed by atoms with van der Waals surface area (Å²) in [6, 6.07) is 0.128. The van der Waals surface area contributed by atoms with Gasteiger partial charge in [0.05, 0.1) is 0 Å². The number of nitrogens with two attached hydrogens (primary N) is 1. The smallest absolute Gasteiger partial charge is 0.0291 e. The van der Waals surface area contributed by atoms with Gasteiger partial charge in [-0.25, -0.2) is 0 Å². The SMILES string of the molecule is C=C/C(=C\C=C/C)C(N)CC. The minimum Gasteiger partial charge on any atom is -0.324 e. The molecule has 0 saturated carbocycles. The number of rotatable bonds is 4. The third kappa shape index (κ3) is 3.79. The van der Waals surface area contributed by atoms with E-state index >= 15 is 0 Å². The minimum absolute atomic E-state index is 0.128. The number of hydrogen-bond acceptors (Lipinski definition) is 1. The summed E-state index contributed by atoms with van der Waals surface area (Å²) in [5.74, 6) is 0. The molecule has 1 heteroatoms. The van der Waals surface area contributed by atoms with Crippen LogP contribution in [0.3, 0.4) is 0 Å². The second-order valence-corrected chi connectivity index (χ2v) is 2.41. The first-order valence-electron chi connectivity index (χ1n) is 3.97. The normalized spacial score (nSPS) is 15.4. The predicted octanol–water partition coefficient (Wildman–Crippen LogP) is 2.41. The predicted molar refractivity (Wildman–Crippen MR) is 51.4 cm³/mol. The Bertz CT molecular complexity index is 166. The van der Waals surface area contributed by atoms with Crippen LogP contribution in [0.4, 0.5) is 0 Å². The maximum absolute atomic E-state index is 5.80. The van der Waals surface area contributed by atoms with Gasteiger partial charge >= 0.3 is 0 Å². The van der Waals surface area contributed by atoms with Crippen LogP contribution in [-0.2, 0) is 0 Å². The van der Waals surface area contributed by atoms with Crippen LogP contribution in [0.2, 0.25) is 0 Å². The quantitative estimate of drug-likeness (QED) is 0.613. The molecule has 0 bridgehead atoms. The second-order valence-electron chi connectivity index (χ2n) is 2.41. The zero-order chi connectivity index (χ0) is 8.69. The Morgan fingerprint density at radius 1 is 1.64 bits per heavy atom. The summed E-state index contributed by atoms with van der Waals surface area (Å²) in [6.07, 6.45) is 8.73. The molecular formula is C10H17N. The van der Waals surface area contributed by atoms with E-state index in [0.717, 1.165) is 12.0 Å². The van der Waals surface area contributed by atoms with Gasteiger partial charge in [0.25, 0.3) is 0 Å². The average Bonchev–Trinajstić information content (AvgIpc) is 2.05. The lowest BCUT2D eigenvalue weighted by atomic mass is 10.1. The molecule has 0 saturated heterocycles. The monoisotopic (exact) mass is 151 g/mol. The molecule has 62 valence electrons. The summed E-state index contributed by atoms with van der Waals surface area (Å²) < 4.78 is 0. The molecule has 1 unspecified atom stereocenters. The van der Waals surface area contributed by atoms with Crippen molar-refractivity contribution in [1.82, 2.24) is 0 Å². The lowest BCUT2D eigenvalue weighted by Crippen LogP contribution is -2.20. The highest BCUT2D eigenvalue weighted by molar-refractivity contribution is 5.26. The van der Waals surface area contributed by atoms with Crippen LogP contribution < -0.4 is 5.73 Å². The van der Waals surface area contributed by atoms with Gasteiger partial charge in [-0.2, -0.15) is 0 Å². The molecule has 0 aromatic carbocycles. The van der Waals surface area contributed by atoms with E-state index in [-0.39, 0.29) is 6.04 Å². The molecular weight excluding hydrogens is 134 g/mol. The topological polar surface area (TPSA) is 26.0 Å². The summed E-state index contributed by atoms with van der Waals surface area (Å²) in [6.45, 7) is 7.75. The molecule has 2 N–H and O–H groups in total. The fourth-order valence-corrected chi connectivity index (χ4v) is 0.786. The van der Waals surface area contributed by atoms with Crippen molar-refractivity contribution in [1.29, 1.82) is 0 Å². The van der Waals surface area contributed by atoms with Gasteiger partial charge in [-0.3, -0.25) is 0 Å². The molecule has 0 heterocycles. The van der Waals surface area contributed by atoms with E-state index < -0.39 is 0 Å². The lowest BCUT2D eigenvalue weighted by Gasteiger charge is -2.08. The first-order valence-corrected chi connectivity index (χ1v) is 3.97. The summed E-state index contributed by atoms with van der Waals surface area (Å²) >= 11 is 0. The highest BCUT2D eigenvalue weighted by Crippen LogP contribution is 2.04. The zero-order valence-corrected chi connectivity index (χ0v) is 7.38. The van der Waals surface area contributed by atoms with Gasteiger partial charge < -0.3 is 5.73 Å². The second kappa shape index (κ2) is 5.93. The van der Waals surface area contributed by atoms with E-state index in [2.05, 4.69) is 13.5 Å². The Kier molecular flexibility index (Phi) is 5.49. The standard InChI is InChI=1S/C10H17N/c1-4-7-8-9(5-2)10(11)6-3/h4-5,7-8,10H,2,6,11H2,1,3H3/b7-4-,9-8+. The van der Waals surface area contributed by atoms with Crippen molar-refractivity contribution in [3.05, 3.63) is 36.5 Å². The fourth-order valence-electron chi connectivity index (χ4n) is 0.786. The number of allylic oxidation sites excluding steroid dienone is 3. The van der Waals surface area contributed by atoms with Crippen molar-refractivity contribution in [2.75, 3.05) is 0 Å². The van der Waals surface area contributed by atoms with Crippen molar-refractivity contribution >= 4 is 0 Å². The van der Waals surface area contributed by atoms with Crippen molar-refractivity contribution in [3.63, 3.8) is 0 Å². The molecule has 1 atom stereocenters. The van der Waals surface area contributed by atoms with E-state index in [4.69, 9.17) is 5.73 Å². The molecule has 0 aliphatic rings. The van der Waals surface area contributed by atoms with E-state index in [0.29, 0.717) is 0 Å². The van der Waals surface area contributed by atoms with Crippen LogP contribution in [0, 0.1) is 0 Å². The van der Waals surface area contributed by atoms with E-state index in [1.807, 2.05) is 31.2 Å². The van der Waals surface area contributed by atoms with Crippen molar-refractivity contribution < 1.29 is 0 Å². The maximum Gasteiger partial charge on any atom is 0.0291 e. The van der Waals surface area contributed by atoms with Gasteiger partial charge in [0.2, 0.25) is 0 Å². The van der Waals surface area contributed by atoms with Crippen LogP contribution in [0.25, 0.3) is 0 Å². The highest BCUT2D eigenvalue weighted by atomic mass is 14.6. The van der Waals surface area contributed by atoms with E-state index in [1.165, 1.54) is 0 Å². The van der Waals surface area contributed by atoms with E-state index in [1.54, 1.807) is 0 Å². The first-order chi connectivity index (χ1) is 5.26. The summed E-state index contributed by atoms with van der Waals surface area (Å²) in [7, 11) is 0. The van der Waals surface area contributed by atoms with Gasteiger partial charge in [-0.1, -0.05) is 37.8 Å². The molecule has 1 nitrogen and oxygen atoms in total. The molecule has 0 radical (unpaired) electrons. The Labute approximate surface area is 69.3 Å². The van der Waals surface area contributed by atoms with Gasteiger partial charge in [0.15, 0.2) is 0 Å². The largest absolute Gasteiger partial charge is 0.324 e. The molecule has 0 aromatic heterocycles. The van der Waals surface area contributed by atoms with Crippen LogP contribution in [0.15, 0.2) is 36.5 Å². The first kappa shape index (κ1) is 10.2. The van der Waals surface area contributed by atoms with Crippen molar-refractivity contribution in [2.24, 2.45) is 5.73 Å². The molecule has 11 heavy (non-hydrogen) atoms. The minimum atomic E-state index is 0.128. The van der Waals surface area contributed by atoms with Gasteiger partial charge in [-0.05, 0) is 18.9 Å². The number of hydrogen-bond donors (Lipinski definition) is 1. The van der Waals surface area contributed by atoms with Crippen molar-refractivity contribution in [2.45, 2.75) is 26.3 Å². The molecule has 0 spiro atoms. The van der Waals surface area contributed by atoms with Crippen molar-refractivity contribution in [3.8, 4) is 0 Å². The third-order valence-electron chi connectivity index (χ3n) is 1.58. The Balaban J connectivity index is 4.25. The van der Waals surface area contributed by atoms with Gasteiger partial charge in [0, 0.05) is 6.04 Å². The zero-order valence-electron chi connectivity index (χ0n) is 7.38. The molecule has 0 fully saturated rings.